The minimum Gasteiger partial charge on any atom is -0.463 e. The molecule has 1 heterocycles. The second-order valence-electron chi connectivity index (χ2n) is 8.15. The van der Waals surface area contributed by atoms with E-state index in [-0.39, 0.29) is 24.7 Å². The van der Waals surface area contributed by atoms with E-state index in [2.05, 4.69) is 13.5 Å². The van der Waals surface area contributed by atoms with Gasteiger partial charge in [-0.15, -0.1) is 0 Å². The first-order valence-electron chi connectivity index (χ1n) is 11.8. The number of rotatable bonds is 20. The minimum absolute atomic E-state index is 0.0273. The first-order chi connectivity index (χ1) is 14.1. The molecule has 0 bridgehead atoms. The summed E-state index contributed by atoms with van der Waals surface area (Å²) in [6.45, 7) is 7.16. The predicted molar refractivity (Wildman–Crippen MR) is 116 cm³/mol. The first-order valence-corrected chi connectivity index (χ1v) is 11.8. The van der Waals surface area contributed by atoms with E-state index in [1.807, 2.05) is 0 Å². The van der Waals surface area contributed by atoms with Gasteiger partial charge in [-0.1, -0.05) is 97.0 Å². The average Bonchev–Trinajstić information content (AvgIpc) is 3.53. The van der Waals surface area contributed by atoms with Crippen molar-refractivity contribution >= 4 is 11.9 Å². The molecule has 0 radical (unpaired) electrons. The fraction of sp³-hybridized carbons (Fsp3) is 0.833. The van der Waals surface area contributed by atoms with Crippen LogP contribution in [-0.2, 0) is 23.8 Å². The average molecular weight is 411 g/mol. The Morgan fingerprint density at radius 3 is 1.79 bits per heavy atom. The molecule has 1 unspecified atom stereocenters. The summed E-state index contributed by atoms with van der Waals surface area (Å²) in [5.74, 6) is -0.960. The maximum atomic E-state index is 11.8. The van der Waals surface area contributed by atoms with Crippen molar-refractivity contribution in [3.05, 3.63) is 12.2 Å². The molecule has 5 nitrogen and oxygen atoms in total. The highest BCUT2D eigenvalue weighted by atomic mass is 16.6. The Morgan fingerprint density at radius 2 is 1.31 bits per heavy atom. The quantitative estimate of drug-likeness (QED) is 0.108. The van der Waals surface area contributed by atoms with Crippen molar-refractivity contribution < 1.29 is 23.8 Å². The molecule has 0 saturated carbocycles. The number of hydrogen-bond donors (Lipinski definition) is 0. The fourth-order valence-corrected chi connectivity index (χ4v) is 3.21. The molecule has 0 aromatic carbocycles. The summed E-state index contributed by atoms with van der Waals surface area (Å²) in [7, 11) is 0. The lowest BCUT2D eigenvalue weighted by Gasteiger charge is -2.07. The normalized spacial score (nSPS) is 15.1. The van der Waals surface area contributed by atoms with Gasteiger partial charge in [0.2, 0.25) is 0 Å². The van der Waals surface area contributed by atoms with E-state index in [1.54, 1.807) is 0 Å². The summed E-state index contributed by atoms with van der Waals surface area (Å²) in [5, 5.41) is 0. The fourth-order valence-electron chi connectivity index (χ4n) is 3.21. The van der Waals surface area contributed by atoms with Crippen molar-refractivity contribution in [3.63, 3.8) is 0 Å². The molecule has 1 rings (SSSR count). The van der Waals surface area contributed by atoms with Gasteiger partial charge in [0.15, 0.2) is 0 Å². The number of hydrogen-bond acceptors (Lipinski definition) is 5. The second kappa shape index (κ2) is 17.5. The van der Waals surface area contributed by atoms with Gasteiger partial charge in [0, 0.05) is 5.57 Å². The Labute approximate surface area is 177 Å². The SMILES string of the molecule is C=C(CC(=O)OCC1CO1)C(=O)OCCCCCCCCCCCCCCCC. The van der Waals surface area contributed by atoms with E-state index in [0.29, 0.717) is 13.2 Å². The second-order valence-corrected chi connectivity index (χ2v) is 8.15. The summed E-state index contributed by atoms with van der Waals surface area (Å²) >= 11 is 0. The monoisotopic (exact) mass is 410 g/mol. The third kappa shape index (κ3) is 16.2. The van der Waals surface area contributed by atoms with Crippen LogP contribution in [0, 0.1) is 0 Å². The maximum Gasteiger partial charge on any atom is 0.333 e. The van der Waals surface area contributed by atoms with Crippen LogP contribution in [0.5, 0.6) is 0 Å². The Kier molecular flexibility index (Phi) is 15.5. The Bertz CT molecular complexity index is 456. The van der Waals surface area contributed by atoms with Crippen molar-refractivity contribution in [2.75, 3.05) is 19.8 Å². The van der Waals surface area contributed by atoms with Gasteiger partial charge < -0.3 is 14.2 Å². The lowest BCUT2D eigenvalue weighted by atomic mass is 10.0. The van der Waals surface area contributed by atoms with Crippen LogP contribution in [0.15, 0.2) is 12.2 Å². The number of carbonyl (C=O) groups excluding carboxylic acids is 2. The minimum atomic E-state index is -0.501. The molecule has 0 aromatic heterocycles. The van der Waals surface area contributed by atoms with Gasteiger partial charge >= 0.3 is 11.9 Å². The van der Waals surface area contributed by atoms with E-state index in [4.69, 9.17) is 14.2 Å². The lowest BCUT2D eigenvalue weighted by molar-refractivity contribution is -0.146. The first kappa shape index (κ1) is 25.7. The standard InChI is InChI=1S/C24H42O5/c1-3-4-5-6-7-8-9-10-11-12-13-14-15-16-17-27-24(26)21(2)18-23(25)29-20-22-19-28-22/h22H,2-20H2,1H3. The van der Waals surface area contributed by atoms with Crippen LogP contribution in [0.1, 0.15) is 103 Å². The van der Waals surface area contributed by atoms with E-state index in [9.17, 15) is 9.59 Å². The topological polar surface area (TPSA) is 65.1 Å². The molecule has 1 aliphatic rings. The number of unbranched alkanes of at least 4 members (excludes halogenated alkanes) is 13. The van der Waals surface area contributed by atoms with Gasteiger partial charge in [-0.2, -0.15) is 0 Å². The zero-order valence-corrected chi connectivity index (χ0v) is 18.6. The smallest absolute Gasteiger partial charge is 0.333 e. The number of ether oxygens (including phenoxy) is 3. The Balaban J connectivity index is 1.80. The molecule has 29 heavy (non-hydrogen) atoms. The molecule has 5 heteroatoms. The van der Waals surface area contributed by atoms with Crippen LogP contribution in [0.3, 0.4) is 0 Å². The zero-order chi connectivity index (χ0) is 21.2. The molecule has 1 saturated heterocycles. The lowest BCUT2D eigenvalue weighted by Crippen LogP contribution is -2.15. The maximum absolute atomic E-state index is 11.8. The molecule has 0 amide bonds. The number of epoxide rings is 1. The van der Waals surface area contributed by atoms with E-state index >= 15 is 0 Å². The van der Waals surface area contributed by atoms with Crippen LogP contribution in [0.25, 0.3) is 0 Å². The number of carbonyl (C=O) groups is 2. The molecular formula is C24H42O5. The van der Waals surface area contributed by atoms with Gasteiger partial charge in [-0.3, -0.25) is 4.79 Å². The molecule has 1 aliphatic heterocycles. The van der Waals surface area contributed by atoms with Gasteiger partial charge in [0.25, 0.3) is 0 Å². The summed E-state index contributed by atoms with van der Waals surface area (Å²) in [5.41, 5.74) is 0.150. The van der Waals surface area contributed by atoms with Crippen LogP contribution in [0.4, 0.5) is 0 Å². The van der Waals surface area contributed by atoms with Crippen molar-refractivity contribution in [2.24, 2.45) is 0 Å². The van der Waals surface area contributed by atoms with Gasteiger partial charge in [0.05, 0.1) is 19.6 Å². The molecule has 168 valence electrons. The molecule has 0 spiro atoms. The molecule has 1 fully saturated rings. The van der Waals surface area contributed by atoms with Gasteiger partial charge in [-0.05, 0) is 6.42 Å². The largest absolute Gasteiger partial charge is 0.463 e. The molecule has 0 N–H and O–H groups in total. The number of esters is 2. The summed E-state index contributed by atoms with van der Waals surface area (Å²) in [4.78, 5) is 23.4. The van der Waals surface area contributed by atoms with E-state index in [1.165, 1.54) is 77.0 Å². The summed E-state index contributed by atoms with van der Waals surface area (Å²) < 4.78 is 15.1. The summed E-state index contributed by atoms with van der Waals surface area (Å²) in [6, 6.07) is 0. The Morgan fingerprint density at radius 1 is 0.828 bits per heavy atom. The third-order valence-electron chi connectivity index (χ3n) is 5.21. The van der Waals surface area contributed by atoms with E-state index in [0.717, 1.165) is 12.8 Å². The zero-order valence-electron chi connectivity index (χ0n) is 18.6. The molecule has 1 atom stereocenters. The van der Waals surface area contributed by atoms with Crippen molar-refractivity contribution in [3.8, 4) is 0 Å². The van der Waals surface area contributed by atoms with Crippen molar-refractivity contribution in [1.82, 2.24) is 0 Å². The molecule has 0 aromatic rings. The molecule has 0 aliphatic carbocycles. The van der Waals surface area contributed by atoms with Crippen LogP contribution < -0.4 is 0 Å². The summed E-state index contributed by atoms with van der Waals surface area (Å²) in [6.07, 6.45) is 18.0. The Hall–Kier alpha value is -1.36. The highest BCUT2D eigenvalue weighted by Crippen LogP contribution is 2.13. The van der Waals surface area contributed by atoms with Crippen molar-refractivity contribution in [2.45, 2.75) is 109 Å². The van der Waals surface area contributed by atoms with Crippen LogP contribution >= 0.6 is 0 Å². The van der Waals surface area contributed by atoms with E-state index < -0.39 is 11.9 Å². The molecular weight excluding hydrogens is 368 g/mol. The third-order valence-corrected chi connectivity index (χ3v) is 5.21. The van der Waals surface area contributed by atoms with Crippen LogP contribution in [0.2, 0.25) is 0 Å². The van der Waals surface area contributed by atoms with Crippen molar-refractivity contribution in [1.29, 1.82) is 0 Å². The highest BCUT2D eigenvalue weighted by Gasteiger charge is 2.24. The predicted octanol–water partition coefficient (Wildman–Crippen LogP) is 5.90. The van der Waals surface area contributed by atoms with Crippen LogP contribution in [-0.4, -0.2) is 37.9 Å². The van der Waals surface area contributed by atoms with Gasteiger partial charge in [-0.25, -0.2) is 4.79 Å². The van der Waals surface area contributed by atoms with Gasteiger partial charge in [0.1, 0.15) is 12.7 Å². The highest BCUT2D eigenvalue weighted by molar-refractivity contribution is 5.93.